The van der Waals surface area contributed by atoms with Crippen LogP contribution in [-0.4, -0.2) is 17.0 Å². The molecule has 0 aliphatic rings. The number of aromatic nitrogens is 2. The summed E-state index contributed by atoms with van der Waals surface area (Å²) in [6.45, 7) is 1.32. The Morgan fingerprint density at radius 3 is 2.67 bits per heavy atom. The predicted octanol–water partition coefficient (Wildman–Crippen LogP) is 2.33. The van der Waals surface area contributed by atoms with E-state index in [-0.39, 0.29) is 0 Å². The van der Waals surface area contributed by atoms with E-state index >= 15 is 0 Å². The summed E-state index contributed by atoms with van der Waals surface area (Å²) in [5, 5.41) is 0. The molecule has 0 aliphatic carbocycles. The lowest BCUT2D eigenvalue weighted by Crippen LogP contribution is -2.19. The number of nitrogens with two attached hydrogens (primary N) is 1. The Hall–Kier alpha value is -1.46. The van der Waals surface area contributed by atoms with Crippen molar-refractivity contribution in [3.05, 3.63) is 52.4 Å². The van der Waals surface area contributed by atoms with Gasteiger partial charge in [0.25, 0.3) is 0 Å². The first-order valence-electron chi connectivity index (χ1n) is 5.66. The highest BCUT2D eigenvalue weighted by Gasteiger charge is 2.09. The SMILES string of the molecule is CN(Cc1ccccc1CN)c1ncncc1Br. The van der Waals surface area contributed by atoms with Crippen LogP contribution in [0, 0.1) is 0 Å². The fraction of sp³-hybridized carbons (Fsp3) is 0.231. The van der Waals surface area contributed by atoms with E-state index in [1.807, 2.05) is 19.2 Å². The lowest BCUT2D eigenvalue weighted by atomic mass is 10.1. The van der Waals surface area contributed by atoms with E-state index < -0.39 is 0 Å². The second kappa shape index (κ2) is 5.93. The summed E-state index contributed by atoms with van der Waals surface area (Å²) in [7, 11) is 2.00. The van der Waals surface area contributed by atoms with Gasteiger partial charge in [0.05, 0.1) is 4.47 Å². The van der Waals surface area contributed by atoms with E-state index in [0.29, 0.717) is 6.54 Å². The number of nitrogens with zero attached hydrogens (tertiary/aromatic N) is 3. The molecule has 94 valence electrons. The van der Waals surface area contributed by atoms with Crippen molar-refractivity contribution in [3.8, 4) is 0 Å². The summed E-state index contributed by atoms with van der Waals surface area (Å²) in [6.07, 6.45) is 3.29. The van der Waals surface area contributed by atoms with Crippen LogP contribution in [0.1, 0.15) is 11.1 Å². The molecule has 0 unspecified atom stereocenters. The first-order chi connectivity index (χ1) is 8.72. The Kier molecular flexibility index (Phi) is 4.28. The highest BCUT2D eigenvalue weighted by molar-refractivity contribution is 9.10. The zero-order valence-corrected chi connectivity index (χ0v) is 11.8. The quantitative estimate of drug-likeness (QED) is 0.942. The summed E-state index contributed by atoms with van der Waals surface area (Å²) in [5.41, 5.74) is 8.12. The maximum atomic E-state index is 5.74. The summed E-state index contributed by atoms with van der Waals surface area (Å²) < 4.78 is 0.887. The van der Waals surface area contributed by atoms with Gasteiger partial charge in [0.2, 0.25) is 0 Å². The minimum Gasteiger partial charge on any atom is -0.354 e. The van der Waals surface area contributed by atoms with Crippen LogP contribution in [0.25, 0.3) is 0 Å². The molecule has 0 saturated heterocycles. The minimum absolute atomic E-state index is 0.551. The first-order valence-corrected chi connectivity index (χ1v) is 6.45. The molecule has 18 heavy (non-hydrogen) atoms. The maximum absolute atomic E-state index is 5.74. The van der Waals surface area contributed by atoms with Crippen LogP contribution in [0.3, 0.4) is 0 Å². The number of halogens is 1. The van der Waals surface area contributed by atoms with Gasteiger partial charge >= 0.3 is 0 Å². The van der Waals surface area contributed by atoms with Gasteiger partial charge < -0.3 is 10.6 Å². The Bertz CT molecular complexity index is 530. The molecule has 1 heterocycles. The van der Waals surface area contributed by atoms with E-state index in [1.54, 1.807) is 12.5 Å². The topological polar surface area (TPSA) is 55.0 Å². The molecule has 0 radical (unpaired) electrons. The number of benzene rings is 1. The van der Waals surface area contributed by atoms with Crippen LogP contribution in [0.2, 0.25) is 0 Å². The van der Waals surface area contributed by atoms with Crippen molar-refractivity contribution in [1.82, 2.24) is 9.97 Å². The maximum Gasteiger partial charge on any atom is 0.146 e. The van der Waals surface area contributed by atoms with Gasteiger partial charge in [0.1, 0.15) is 12.1 Å². The Morgan fingerprint density at radius 1 is 1.28 bits per heavy atom. The lowest BCUT2D eigenvalue weighted by molar-refractivity contribution is 0.867. The molecule has 0 aliphatic heterocycles. The van der Waals surface area contributed by atoms with E-state index in [2.05, 4.69) is 42.9 Å². The van der Waals surface area contributed by atoms with Crippen LogP contribution in [0.15, 0.2) is 41.3 Å². The van der Waals surface area contributed by atoms with Crippen LogP contribution in [0.5, 0.6) is 0 Å². The second-order valence-electron chi connectivity index (χ2n) is 4.02. The number of anilines is 1. The number of hydrogen-bond donors (Lipinski definition) is 1. The molecular formula is C13H15BrN4. The third-order valence-corrected chi connectivity index (χ3v) is 3.31. The van der Waals surface area contributed by atoms with Gasteiger partial charge in [-0.2, -0.15) is 0 Å². The molecule has 1 aromatic heterocycles. The molecule has 0 saturated carbocycles. The van der Waals surface area contributed by atoms with E-state index in [4.69, 9.17) is 5.73 Å². The molecule has 0 atom stereocenters. The Balaban J connectivity index is 2.21. The smallest absolute Gasteiger partial charge is 0.146 e. The second-order valence-corrected chi connectivity index (χ2v) is 4.88. The standard InChI is InChI=1S/C13H15BrN4/c1-18(13-12(14)7-16-9-17-13)8-11-5-3-2-4-10(11)6-15/h2-5,7,9H,6,8,15H2,1H3. The Labute approximate surface area is 115 Å². The van der Waals surface area contributed by atoms with Crippen LogP contribution in [0.4, 0.5) is 5.82 Å². The first kappa shape index (κ1) is 13.0. The van der Waals surface area contributed by atoms with Gasteiger partial charge in [0, 0.05) is 26.3 Å². The zero-order chi connectivity index (χ0) is 13.0. The summed E-state index contributed by atoms with van der Waals surface area (Å²) in [5.74, 6) is 0.872. The zero-order valence-electron chi connectivity index (χ0n) is 10.2. The minimum atomic E-state index is 0.551. The summed E-state index contributed by atoms with van der Waals surface area (Å²) in [6, 6.07) is 8.18. The molecule has 5 heteroatoms. The van der Waals surface area contributed by atoms with Crippen molar-refractivity contribution < 1.29 is 0 Å². The number of hydrogen-bond acceptors (Lipinski definition) is 4. The lowest BCUT2D eigenvalue weighted by Gasteiger charge is -2.20. The van der Waals surface area contributed by atoms with Gasteiger partial charge in [-0.15, -0.1) is 0 Å². The third kappa shape index (κ3) is 2.86. The van der Waals surface area contributed by atoms with E-state index in [1.165, 1.54) is 5.56 Å². The molecule has 1 aromatic carbocycles. The Morgan fingerprint density at radius 2 is 2.00 bits per heavy atom. The number of rotatable bonds is 4. The highest BCUT2D eigenvalue weighted by Crippen LogP contribution is 2.23. The molecule has 0 amide bonds. The van der Waals surface area contributed by atoms with Crippen molar-refractivity contribution in [1.29, 1.82) is 0 Å². The van der Waals surface area contributed by atoms with Gasteiger partial charge in [0.15, 0.2) is 0 Å². The van der Waals surface area contributed by atoms with Crippen LogP contribution in [-0.2, 0) is 13.1 Å². The largest absolute Gasteiger partial charge is 0.354 e. The normalized spacial score (nSPS) is 10.4. The molecule has 0 fully saturated rings. The average molecular weight is 307 g/mol. The fourth-order valence-corrected chi connectivity index (χ4v) is 2.35. The molecule has 2 N–H and O–H groups in total. The highest BCUT2D eigenvalue weighted by atomic mass is 79.9. The van der Waals surface area contributed by atoms with Gasteiger partial charge in [-0.1, -0.05) is 24.3 Å². The molecule has 4 nitrogen and oxygen atoms in total. The van der Waals surface area contributed by atoms with Gasteiger partial charge in [-0.25, -0.2) is 9.97 Å². The van der Waals surface area contributed by atoms with Crippen molar-refractivity contribution in [2.75, 3.05) is 11.9 Å². The van der Waals surface area contributed by atoms with Gasteiger partial charge in [-0.05, 0) is 27.1 Å². The average Bonchev–Trinajstić information content (AvgIpc) is 2.39. The van der Waals surface area contributed by atoms with Crippen molar-refractivity contribution >= 4 is 21.7 Å². The molecule has 0 bridgehead atoms. The molecule has 2 aromatic rings. The van der Waals surface area contributed by atoms with Gasteiger partial charge in [-0.3, -0.25) is 0 Å². The molecule has 2 rings (SSSR count). The van der Waals surface area contributed by atoms with Crippen molar-refractivity contribution in [2.24, 2.45) is 5.73 Å². The van der Waals surface area contributed by atoms with E-state index in [9.17, 15) is 0 Å². The van der Waals surface area contributed by atoms with Crippen molar-refractivity contribution in [2.45, 2.75) is 13.1 Å². The summed E-state index contributed by atoms with van der Waals surface area (Å²) in [4.78, 5) is 10.3. The molecule has 0 spiro atoms. The van der Waals surface area contributed by atoms with Crippen LogP contribution < -0.4 is 10.6 Å². The fourth-order valence-electron chi connectivity index (χ4n) is 1.83. The monoisotopic (exact) mass is 306 g/mol. The van der Waals surface area contributed by atoms with E-state index in [0.717, 1.165) is 22.4 Å². The molecular weight excluding hydrogens is 292 g/mol. The predicted molar refractivity (Wildman–Crippen MR) is 76.2 cm³/mol. The van der Waals surface area contributed by atoms with Crippen LogP contribution >= 0.6 is 15.9 Å². The third-order valence-electron chi connectivity index (χ3n) is 2.76. The van der Waals surface area contributed by atoms with Crippen molar-refractivity contribution in [3.63, 3.8) is 0 Å². The summed E-state index contributed by atoms with van der Waals surface area (Å²) >= 11 is 3.45.